The van der Waals surface area contributed by atoms with Crippen LogP contribution in [0, 0.1) is 19.8 Å². The van der Waals surface area contributed by atoms with Crippen molar-refractivity contribution in [3.05, 3.63) is 39.7 Å². The van der Waals surface area contributed by atoms with Crippen molar-refractivity contribution in [3.8, 4) is 0 Å². The first-order valence-electron chi connectivity index (χ1n) is 10.6. The zero-order valence-electron chi connectivity index (χ0n) is 17.7. The first-order valence-corrected chi connectivity index (χ1v) is 11.0. The SMILES string of the molecule is Cc1cc(C)c(N2CCCn3c2nc(C(F)(F)F)c3CN2CCC(C)CC2)c(Cl)c1. The number of alkyl halides is 3. The van der Waals surface area contributed by atoms with Gasteiger partial charge in [0.1, 0.15) is 0 Å². The van der Waals surface area contributed by atoms with Crippen LogP contribution in [-0.2, 0) is 19.3 Å². The summed E-state index contributed by atoms with van der Waals surface area (Å²) in [4.78, 5) is 8.13. The van der Waals surface area contributed by atoms with Gasteiger partial charge in [0.2, 0.25) is 5.95 Å². The number of likely N-dealkylation sites (tertiary alicyclic amines) is 1. The number of piperidine rings is 1. The highest BCUT2D eigenvalue weighted by Crippen LogP contribution is 2.41. The van der Waals surface area contributed by atoms with E-state index in [4.69, 9.17) is 11.6 Å². The minimum absolute atomic E-state index is 0.276. The highest BCUT2D eigenvalue weighted by Gasteiger charge is 2.41. The van der Waals surface area contributed by atoms with E-state index < -0.39 is 11.9 Å². The van der Waals surface area contributed by atoms with Gasteiger partial charge < -0.3 is 9.47 Å². The van der Waals surface area contributed by atoms with Gasteiger partial charge >= 0.3 is 6.18 Å². The second kappa shape index (κ2) is 8.08. The zero-order valence-corrected chi connectivity index (χ0v) is 18.4. The predicted molar refractivity (Wildman–Crippen MR) is 113 cm³/mol. The number of nitrogens with zero attached hydrogens (tertiary/aromatic N) is 4. The highest BCUT2D eigenvalue weighted by atomic mass is 35.5. The summed E-state index contributed by atoms with van der Waals surface area (Å²) in [6.07, 6.45) is -1.70. The van der Waals surface area contributed by atoms with Gasteiger partial charge in [-0.15, -0.1) is 0 Å². The van der Waals surface area contributed by atoms with Crippen LogP contribution in [0.15, 0.2) is 12.1 Å². The van der Waals surface area contributed by atoms with Gasteiger partial charge in [0.15, 0.2) is 5.69 Å². The maximum absolute atomic E-state index is 14.0. The normalized spacial score (nSPS) is 18.7. The molecule has 2 aliphatic rings. The number of aryl methyl sites for hydroxylation is 2. The Morgan fingerprint density at radius 3 is 2.43 bits per heavy atom. The Bertz CT molecular complexity index is 906. The number of anilines is 2. The van der Waals surface area contributed by atoms with Gasteiger partial charge in [0, 0.05) is 19.6 Å². The number of benzene rings is 1. The smallest absolute Gasteiger partial charge is 0.312 e. The minimum Gasteiger partial charge on any atom is -0.312 e. The van der Waals surface area contributed by atoms with E-state index in [0.29, 0.717) is 30.0 Å². The summed E-state index contributed by atoms with van der Waals surface area (Å²) < 4.78 is 43.6. The van der Waals surface area contributed by atoms with Gasteiger partial charge in [0.05, 0.1) is 16.4 Å². The van der Waals surface area contributed by atoms with Crippen molar-refractivity contribution in [2.45, 2.75) is 59.3 Å². The lowest BCUT2D eigenvalue weighted by molar-refractivity contribution is -0.141. The molecule has 2 aromatic rings. The fourth-order valence-corrected chi connectivity index (χ4v) is 5.11. The summed E-state index contributed by atoms with van der Waals surface area (Å²) >= 11 is 6.53. The fraction of sp³-hybridized carbons (Fsp3) is 0.591. The molecule has 30 heavy (non-hydrogen) atoms. The van der Waals surface area contributed by atoms with Crippen molar-refractivity contribution in [2.75, 3.05) is 24.5 Å². The molecule has 0 aliphatic carbocycles. The maximum Gasteiger partial charge on any atom is 0.435 e. The van der Waals surface area contributed by atoms with Gasteiger partial charge in [-0.3, -0.25) is 4.90 Å². The third-order valence-corrected chi connectivity index (χ3v) is 6.53. The molecular weight excluding hydrogens is 413 g/mol. The lowest BCUT2D eigenvalue weighted by Gasteiger charge is -2.33. The van der Waals surface area contributed by atoms with E-state index in [0.717, 1.165) is 49.2 Å². The van der Waals surface area contributed by atoms with Crippen molar-refractivity contribution >= 4 is 23.2 Å². The summed E-state index contributed by atoms with van der Waals surface area (Å²) in [5, 5.41) is 0.545. The van der Waals surface area contributed by atoms with Crippen LogP contribution < -0.4 is 4.90 Å². The molecule has 1 fully saturated rings. The van der Waals surface area contributed by atoms with Crippen LogP contribution in [0.1, 0.15) is 48.7 Å². The summed E-state index contributed by atoms with van der Waals surface area (Å²) in [6, 6.07) is 3.86. The van der Waals surface area contributed by atoms with Crippen LogP contribution in [-0.4, -0.2) is 34.1 Å². The van der Waals surface area contributed by atoms with E-state index in [1.54, 1.807) is 4.57 Å². The predicted octanol–water partition coefficient (Wildman–Crippen LogP) is 5.95. The van der Waals surface area contributed by atoms with Gasteiger partial charge in [0.25, 0.3) is 0 Å². The Morgan fingerprint density at radius 2 is 1.80 bits per heavy atom. The van der Waals surface area contributed by atoms with Crippen LogP contribution in [0.5, 0.6) is 0 Å². The van der Waals surface area contributed by atoms with E-state index in [1.807, 2.05) is 30.9 Å². The maximum atomic E-state index is 14.0. The third kappa shape index (κ3) is 4.06. The van der Waals surface area contributed by atoms with Gasteiger partial charge in [-0.1, -0.05) is 24.6 Å². The zero-order chi connectivity index (χ0) is 21.6. The van der Waals surface area contributed by atoms with Crippen molar-refractivity contribution < 1.29 is 13.2 Å². The van der Waals surface area contributed by atoms with E-state index in [-0.39, 0.29) is 12.2 Å². The number of rotatable bonds is 3. The molecule has 0 atom stereocenters. The lowest BCUT2D eigenvalue weighted by atomic mass is 9.99. The molecule has 0 unspecified atom stereocenters. The first kappa shape index (κ1) is 21.5. The molecule has 0 spiro atoms. The second-order valence-electron chi connectivity index (χ2n) is 8.73. The standard InChI is InChI=1S/C22H28ClF3N4/c1-14-5-9-28(10-6-14)13-18-20(22(24,25)26)27-21-29(18)7-4-8-30(21)19-16(3)11-15(2)12-17(19)23/h11-12,14H,4-10,13H2,1-3H3. The molecule has 0 saturated carbocycles. The summed E-state index contributed by atoms with van der Waals surface area (Å²) in [5.41, 5.74) is 2.23. The summed E-state index contributed by atoms with van der Waals surface area (Å²) in [7, 11) is 0. The molecule has 1 saturated heterocycles. The number of fused-ring (bicyclic) bond motifs is 1. The van der Waals surface area contributed by atoms with Crippen molar-refractivity contribution in [3.63, 3.8) is 0 Å². The lowest BCUT2D eigenvalue weighted by Crippen LogP contribution is -2.35. The number of imidazole rings is 1. The molecule has 0 N–H and O–H groups in total. The third-order valence-electron chi connectivity index (χ3n) is 6.24. The first-order chi connectivity index (χ1) is 14.1. The molecule has 8 heteroatoms. The van der Waals surface area contributed by atoms with E-state index >= 15 is 0 Å². The fourth-order valence-electron chi connectivity index (χ4n) is 4.68. The van der Waals surface area contributed by atoms with Gasteiger partial charge in [-0.25, -0.2) is 4.98 Å². The summed E-state index contributed by atoms with van der Waals surface area (Å²) in [6.45, 7) is 9.16. The van der Waals surface area contributed by atoms with Crippen LogP contribution in [0.3, 0.4) is 0 Å². The Kier molecular flexibility index (Phi) is 5.79. The van der Waals surface area contributed by atoms with Crippen molar-refractivity contribution in [2.24, 2.45) is 5.92 Å². The Morgan fingerprint density at radius 1 is 1.10 bits per heavy atom. The molecule has 4 nitrogen and oxygen atoms in total. The van der Waals surface area contributed by atoms with Crippen LogP contribution >= 0.6 is 11.6 Å². The van der Waals surface area contributed by atoms with E-state index in [2.05, 4.69) is 16.8 Å². The molecule has 0 bridgehead atoms. The Balaban J connectivity index is 1.77. The molecule has 164 valence electrons. The molecule has 0 radical (unpaired) electrons. The molecule has 1 aromatic carbocycles. The molecule has 4 rings (SSSR count). The van der Waals surface area contributed by atoms with Crippen LogP contribution in [0.2, 0.25) is 5.02 Å². The average molecular weight is 441 g/mol. The second-order valence-corrected chi connectivity index (χ2v) is 9.14. The van der Waals surface area contributed by atoms with Crippen LogP contribution in [0.4, 0.5) is 24.8 Å². The van der Waals surface area contributed by atoms with Gasteiger partial charge in [-0.2, -0.15) is 13.2 Å². The number of hydrogen-bond donors (Lipinski definition) is 0. The quantitative estimate of drug-likeness (QED) is 0.589. The molecule has 1 aromatic heterocycles. The Labute approximate surface area is 180 Å². The monoisotopic (exact) mass is 440 g/mol. The number of aromatic nitrogens is 2. The van der Waals surface area contributed by atoms with Crippen LogP contribution in [0.25, 0.3) is 0 Å². The minimum atomic E-state index is -4.49. The largest absolute Gasteiger partial charge is 0.435 e. The topological polar surface area (TPSA) is 24.3 Å². The van der Waals surface area contributed by atoms with E-state index in [9.17, 15) is 13.2 Å². The summed E-state index contributed by atoms with van der Waals surface area (Å²) in [5.74, 6) is 0.979. The average Bonchev–Trinajstić information content (AvgIpc) is 3.02. The van der Waals surface area contributed by atoms with Crippen molar-refractivity contribution in [1.82, 2.24) is 14.5 Å². The molecule has 3 heterocycles. The highest BCUT2D eigenvalue weighted by molar-refractivity contribution is 6.33. The molecular formula is C22H28ClF3N4. The number of halogens is 4. The molecule has 2 aliphatic heterocycles. The van der Waals surface area contributed by atoms with Crippen molar-refractivity contribution in [1.29, 1.82) is 0 Å². The number of hydrogen-bond acceptors (Lipinski definition) is 3. The van der Waals surface area contributed by atoms with E-state index in [1.165, 1.54) is 0 Å². The molecule has 0 amide bonds. The van der Waals surface area contributed by atoms with Gasteiger partial charge in [-0.05, 0) is 69.3 Å². The Hall–Kier alpha value is -1.73.